The lowest BCUT2D eigenvalue weighted by atomic mass is 9.64. The van der Waals surface area contributed by atoms with E-state index in [1.165, 1.54) is 0 Å². The van der Waals surface area contributed by atoms with Gasteiger partial charge in [-0.25, -0.2) is 9.13 Å². The van der Waals surface area contributed by atoms with Gasteiger partial charge >= 0.3 is 5.97 Å². The Hall–Kier alpha value is -0.965. The third-order valence-corrected chi connectivity index (χ3v) is 2.94. The fraction of sp³-hybridized carbons (Fsp3) is 0.600. The normalized spacial score (nSPS) is 12.3. The van der Waals surface area contributed by atoms with Crippen LogP contribution >= 0.6 is 11.6 Å². The van der Waals surface area contributed by atoms with Crippen LogP contribution in [0.15, 0.2) is 6.20 Å². The summed E-state index contributed by atoms with van der Waals surface area (Å²) >= 11 is 5.98. The maximum absolute atomic E-state index is 11.5. The number of rotatable bonds is 4. The number of aromatic nitrogens is 2. The van der Waals surface area contributed by atoms with Gasteiger partial charge < -0.3 is 4.74 Å². The predicted molar refractivity (Wildman–Crippen MR) is 64.4 cm³/mol. The average molecular weight is 244 g/mol. The molecule has 16 heavy (non-hydrogen) atoms. The number of hydrogen-bond donors (Lipinski definition) is 0. The van der Waals surface area contributed by atoms with Crippen molar-refractivity contribution >= 4 is 30.6 Å². The Balaban J connectivity index is 2.76. The van der Waals surface area contributed by atoms with Gasteiger partial charge in [-0.15, -0.1) is 0 Å². The van der Waals surface area contributed by atoms with Crippen LogP contribution < -0.4 is 10.3 Å². The maximum atomic E-state index is 11.5. The predicted octanol–water partition coefficient (Wildman–Crippen LogP) is -0.0637. The second kappa shape index (κ2) is 5.39. The minimum Gasteiger partial charge on any atom is -0.466 e. The summed E-state index contributed by atoms with van der Waals surface area (Å²) < 4.78 is 8.77. The molecule has 6 heteroatoms. The first-order valence-corrected chi connectivity index (χ1v) is 5.71. The van der Waals surface area contributed by atoms with E-state index < -0.39 is 0 Å². The molecule has 0 radical (unpaired) electrons. The standard InChI is InChI=1S/C10H17BClN2O2/c1-5-16-9(15)7(2)11-10-13(3)6-8(12)14(10)4/h6-7,11H,5H2,1-4H3/q+1. The zero-order chi connectivity index (χ0) is 12.3. The summed E-state index contributed by atoms with van der Waals surface area (Å²) in [5.74, 6) is -0.323. The van der Waals surface area contributed by atoms with Crippen LogP contribution in [0, 0.1) is 0 Å². The summed E-state index contributed by atoms with van der Waals surface area (Å²) in [4.78, 5) is 11.5. The fourth-order valence-electron chi connectivity index (χ4n) is 1.60. The van der Waals surface area contributed by atoms with Gasteiger partial charge in [0.25, 0.3) is 7.28 Å². The van der Waals surface area contributed by atoms with Gasteiger partial charge in [-0.1, -0.05) is 6.92 Å². The molecule has 0 saturated carbocycles. The molecule has 1 atom stereocenters. The molecular formula is C10H17BClN2O2+. The second-order valence-electron chi connectivity index (χ2n) is 3.90. The number of aryl methyl sites for hydroxylation is 1. The van der Waals surface area contributed by atoms with Crippen molar-refractivity contribution in [3.63, 3.8) is 0 Å². The zero-order valence-corrected chi connectivity index (χ0v) is 10.9. The number of carbonyl (C=O) groups excluding carboxylic acids is 1. The van der Waals surface area contributed by atoms with Gasteiger partial charge in [0.15, 0.2) is 5.72 Å². The third kappa shape index (κ3) is 2.79. The summed E-state index contributed by atoms with van der Waals surface area (Å²) in [6.07, 6.45) is 1.83. The molecule has 0 aliphatic carbocycles. The second-order valence-corrected chi connectivity index (χ2v) is 4.28. The van der Waals surface area contributed by atoms with Crippen molar-refractivity contribution in [3.8, 4) is 0 Å². The van der Waals surface area contributed by atoms with Crippen molar-refractivity contribution in [2.45, 2.75) is 19.7 Å². The lowest BCUT2D eigenvalue weighted by molar-refractivity contribution is -0.650. The van der Waals surface area contributed by atoms with Crippen molar-refractivity contribution in [2.75, 3.05) is 6.61 Å². The van der Waals surface area contributed by atoms with Crippen LogP contribution in [0.5, 0.6) is 0 Å². The molecule has 1 rings (SSSR count). The number of ether oxygens (including phenoxy) is 1. The zero-order valence-electron chi connectivity index (χ0n) is 10.2. The van der Waals surface area contributed by atoms with E-state index in [-0.39, 0.29) is 11.8 Å². The van der Waals surface area contributed by atoms with E-state index >= 15 is 0 Å². The number of hydrogen-bond acceptors (Lipinski definition) is 2. The van der Waals surface area contributed by atoms with Gasteiger partial charge in [0.1, 0.15) is 6.20 Å². The highest BCUT2D eigenvalue weighted by molar-refractivity contribution is 6.56. The molecule has 0 saturated heterocycles. The first kappa shape index (κ1) is 13.1. The number of esters is 1. The highest BCUT2D eigenvalue weighted by Gasteiger charge is 2.25. The van der Waals surface area contributed by atoms with E-state index in [1.807, 2.05) is 43.3 Å². The van der Waals surface area contributed by atoms with Crippen LogP contribution in [0.25, 0.3) is 0 Å². The van der Waals surface area contributed by atoms with Gasteiger partial charge in [0, 0.05) is 5.82 Å². The molecule has 0 aromatic carbocycles. The lowest BCUT2D eigenvalue weighted by Gasteiger charge is -2.07. The Morgan fingerprint density at radius 2 is 2.38 bits per heavy atom. The Kier molecular flexibility index (Phi) is 4.41. The molecule has 0 bridgehead atoms. The minimum atomic E-state index is -0.167. The molecule has 1 heterocycles. The van der Waals surface area contributed by atoms with Gasteiger partial charge in [-0.2, -0.15) is 0 Å². The number of imidazole rings is 1. The topological polar surface area (TPSA) is 35.1 Å². The van der Waals surface area contributed by atoms with E-state index in [2.05, 4.69) is 0 Å². The van der Waals surface area contributed by atoms with Gasteiger partial charge in [0.2, 0.25) is 5.15 Å². The van der Waals surface area contributed by atoms with Crippen LogP contribution in [-0.2, 0) is 23.6 Å². The largest absolute Gasteiger partial charge is 0.466 e. The SMILES string of the molecule is CCOC(=O)C(C)Bc1n(C)cc(Cl)[n+]1C. The van der Waals surface area contributed by atoms with Crippen LogP contribution in [0.3, 0.4) is 0 Å². The maximum Gasteiger partial charge on any atom is 0.301 e. The van der Waals surface area contributed by atoms with Gasteiger partial charge in [0.05, 0.1) is 20.7 Å². The highest BCUT2D eigenvalue weighted by Crippen LogP contribution is 2.04. The van der Waals surface area contributed by atoms with E-state index in [4.69, 9.17) is 16.3 Å². The molecule has 0 spiro atoms. The summed E-state index contributed by atoms with van der Waals surface area (Å²) in [7, 11) is 4.42. The Morgan fingerprint density at radius 3 is 2.81 bits per heavy atom. The Bertz CT molecular complexity index is 392. The monoisotopic (exact) mass is 243 g/mol. The van der Waals surface area contributed by atoms with Crippen molar-refractivity contribution in [3.05, 3.63) is 11.3 Å². The first-order valence-electron chi connectivity index (χ1n) is 5.33. The molecule has 0 aliphatic rings. The fourth-order valence-corrected chi connectivity index (χ4v) is 1.85. The van der Waals surface area contributed by atoms with E-state index in [0.717, 1.165) is 5.72 Å². The van der Waals surface area contributed by atoms with E-state index in [9.17, 15) is 4.79 Å². The molecule has 0 fully saturated rings. The average Bonchev–Trinajstić information content (AvgIpc) is 2.45. The van der Waals surface area contributed by atoms with Crippen LogP contribution in [0.4, 0.5) is 0 Å². The van der Waals surface area contributed by atoms with Gasteiger partial charge in [-0.3, -0.25) is 4.79 Å². The van der Waals surface area contributed by atoms with Crippen LogP contribution in [-0.4, -0.2) is 24.4 Å². The molecular weight excluding hydrogens is 226 g/mol. The summed E-state index contributed by atoms with van der Waals surface area (Å²) in [5, 5.41) is 0.661. The van der Waals surface area contributed by atoms with Crippen molar-refractivity contribution in [1.82, 2.24) is 4.57 Å². The Morgan fingerprint density at radius 1 is 1.75 bits per heavy atom. The smallest absolute Gasteiger partial charge is 0.301 e. The molecule has 0 N–H and O–H groups in total. The molecule has 1 aromatic heterocycles. The van der Waals surface area contributed by atoms with E-state index in [0.29, 0.717) is 19.0 Å². The number of halogens is 1. The summed E-state index contributed by atoms with van der Waals surface area (Å²) in [5.41, 5.74) is 1.01. The van der Waals surface area contributed by atoms with Gasteiger partial charge in [-0.05, 0) is 18.5 Å². The quantitative estimate of drug-likeness (QED) is 0.422. The summed E-state index contributed by atoms with van der Waals surface area (Å²) in [6, 6.07) is 0. The third-order valence-electron chi connectivity index (χ3n) is 2.59. The van der Waals surface area contributed by atoms with Crippen molar-refractivity contribution < 1.29 is 14.1 Å². The number of nitrogens with zero attached hydrogens (tertiary/aromatic N) is 2. The molecule has 1 aromatic rings. The molecule has 0 amide bonds. The molecule has 4 nitrogen and oxygen atoms in total. The summed E-state index contributed by atoms with van der Waals surface area (Å²) in [6.45, 7) is 4.09. The molecule has 0 aliphatic heterocycles. The Labute approximate surface area is 101 Å². The molecule has 1 unspecified atom stereocenters. The van der Waals surface area contributed by atoms with Crippen molar-refractivity contribution in [1.29, 1.82) is 0 Å². The van der Waals surface area contributed by atoms with E-state index in [1.54, 1.807) is 0 Å². The minimum absolute atomic E-state index is 0.157. The number of carbonyl (C=O) groups is 1. The van der Waals surface area contributed by atoms with Crippen LogP contribution in [0.1, 0.15) is 13.8 Å². The van der Waals surface area contributed by atoms with Crippen molar-refractivity contribution in [2.24, 2.45) is 14.1 Å². The first-order chi connectivity index (χ1) is 7.47. The molecule has 88 valence electrons. The lowest BCUT2D eigenvalue weighted by Crippen LogP contribution is -2.52. The van der Waals surface area contributed by atoms with Crippen LogP contribution in [0.2, 0.25) is 11.0 Å². The highest BCUT2D eigenvalue weighted by atomic mass is 35.5.